The van der Waals surface area contributed by atoms with Gasteiger partial charge in [0.25, 0.3) is 0 Å². The maximum Gasteiger partial charge on any atom is 0.116 e. The summed E-state index contributed by atoms with van der Waals surface area (Å²) in [5.41, 5.74) is 6.81. The van der Waals surface area contributed by atoms with Crippen LogP contribution in [0.25, 0.3) is 43.4 Å². The maximum absolute atomic E-state index is 4.67. The molecule has 3 nitrogen and oxygen atoms in total. The lowest BCUT2D eigenvalue weighted by Crippen LogP contribution is -2.12. The van der Waals surface area contributed by atoms with Gasteiger partial charge in [-0.3, -0.25) is 4.98 Å². The summed E-state index contributed by atoms with van der Waals surface area (Å²) in [6.07, 6.45) is 6.65. The fourth-order valence-electron chi connectivity index (χ4n) is 4.58. The van der Waals surface area contributed by atoms with Gasteiger partial charge in [0.2, 0.25) is 0 Å². The highest BCUT2D eigenvalue weighted by Crippen LogP contribution is 2.37. The molecule has 0 bridgehead atoms. The third-order valence-corrected chi connectivity index (χ3v) is 7.06. The Morgan fingerprint density at radius 2 is 1.73 bits per heavy atom. The fourth-order valence-corrected chi connectivity index (χ4v) is 5.55. The first kappa shape index (κ1) is 21.7. The quantitative estimate of drug-likeness (QED) is 0.277. The monoisotopic (exact) mass is 451 g/mol. The van der Waals surface area contributed by atoms with E-state index in [9.17, 15) is 0 Å². The highest BCUT2D eigenvalue weighted by atomic mass is 32.1. The highest BCUT2D eigenvalue weighted by molar-refractivity contribution is 7.17. The third-order valence-electron chi connectivity index (χ3n) is 6.10. The number of thiophene rings is 1. The molecule has 0 atom stereocenters. The lowest BCUT2D eigenvalue weighted by molar-refractivity contribution is 0.596. The first-order valence-electron chi connectivity index (χ1n) is 11.5. The lowest BCUT2D eigenvalue weighted by atomic mass is 9.82. The van der Waals surface area contributed by atoms with Crippen LogP contribution in [0.5, 0.6) is 0 Å². The topological polar surface area (TPSA) is 38.7 Å². The van der Waals surface area contributed by atoms with Gasteiger partial charge < -0.3 is 0 Å². The van der Waals surface area contributed by atoms with Crippen molar-refractivity contribution in [3.63, 3.8) is 0 Å². The van der Waals surface area contributed by atoms with E-state index in [0.29, 0.717) is 5.92 Å². The van der Waals surface area contributed by atoms with Gasteiger partial charge in [-0.2, -0.15) is 0 Å². The first-order valence-corrected chi connectivity index (χ1v) is 12.4. The number of hydrogen-bond acceptors (Lipinski definition) is 4. The number of benzene rings is 2. The van der Waals surface area contributed by atoms with Gasteiger partial charge in [0.1, 0.15) is 6.33 Å². The second-order valence-corrected chi connectivity index (χ2v) is 11.1. The molecule has 5 aromatic rings. The highest BCUT2D eigenvalue weighted by Gasteiger charge is 2.19. The maximum atomic E-state index is 4.67. The van der Waals surface area contributed by atoms with Gasteiger partial charge in [0.15, 0.2) is 0 Å². The minimum Gasteiger partial charge on any atom is -0.263 e. The number of pyridine rings is 1. The van der Waals surface area contributed by atoms with Crippen molar-refractivity contribution in [1.29, 1.82) is 0 Å². The minimum absolute atomic E-state index is 0.0312. The van der Waals surface area contributed by atoms with Crippen LogP contribution >= 0.6 is 11.3 Å². The minimum atomic E-state index is 0.0312. The summed E-state index contributed by atoms with van der Waals surface area (Å²) < 4.78 is 1.21. The Bertz CT molecular complexity index is 1460. The third kappa shape index (κ3) is 4.16. The van der Waals surface area contributed by atoms with E-state index in [1.54, 1.807) is 17.7 Å². The van der Waals surface area contributed by atoms with Gasteiger partial charge in [0.05, 0.1) is 16.1 Å². The van der Waals surface area contributed by atoms with Crippen molar-refractivity contribution in [3.8, 4) is 22.5 Å². The Balaban J connectivity index is 1.68. The van der Waals surface area contributed by atoms with Crippen LogP contribution in [0, 0.1) is 5.92 Å². The van der Waals surface area contributed by atoms with Crippen molar-refractivity contribution in [3.05, 3.63) is 77.7 Å². The van der Waals surface area contributed by atoms with Gasteiger partial charge in [0, 0.05) is 28.9 Å². The van der Waals surface area contributed by atoms with E-state index in [2.05, 4.69) is 97.4 Å². The van der Waals surface area contributed by atoms with Gasteiger partial charge in [-0.05, 0) is 63.2 Å². The molecule has 0 fully saturated rings. The number of rotatable bonds is 4. The molecule has 0 aliphatic carbocycles. The molecule has 0 N–H and O–H groups in total. The molecular weight excluding hydrogens is 422 g/mol. The molecule has 3 aromatic heterocycles. The van der Waals surface area contributed by atoms with Gasteiger partial charge in [-0.1, -0.05) is 58.9 Å². The molecule has 0 saturated carbocycles. The van der Waals surface area contributed by atoms with Crippen LogP contribution in [-0.4, -0.2) is 15.0 Å². The van der Waals surface area contributed by atoms with Crippen molar-refractivity contribution in [2.75, 3.05) is 0 Å². The predicted octanol–water partition coefficient (Wildman–Crippen LogP) is 8.07. The Morgan fingerprint density at radius 1 is 0.939 bits per heavy atom. The van der Waals surface area contributed by atoms with E-state index in [4.69, 9.17) is 0 Å². The van der Waals surface area contributed by atoms with Crippen LogP contribution in [-0.2, 0) is 11.8 Å². The van der Waals surface area contributed by atoms with Crippen molar-refractivity contribution in [2.24, 2.45) is 5.92 Å². The standard InChI is InChI=1S/C29H29N3S/c1-18(2)10-21-16-33-27-15-30-14-23(28(21)27)26-13-25(31-17-32-26)20-11-19-8-6-7-9-22(19)24(12-20)29(3,4)5/h6-9,11-18H,10H2,1-5H3. The summed E-state index contributed by atoms with van der Waals surface area (Å²) in [7, 11) is 0. The van der Waals surface area contributed by atoms with E-state index < -0.39 is 0 Å². The molecule has 33 heavy (non-hydrogen) atoms. The summed E-state index contributed by atoms with van der Waals surface area (Å²) in [6.45, 7) is 11.3. The van der Waals surface area contributed by atoms with Crippen molar-refractivity contribution in [1.82, 2.24) is 15.0 Å². The van der Waals surface area contributed by atoms with E-state index in [1.807, 2.05) is 12.4 Å². The Hall–Kier alpha value is -3.11. The fraction of sp³-hybridized carbons (Fsp3) is 0.276. The number of fused-ring (bicyclic) bond motifs is 2. The SMILES string of the molecule is CC(C)Cc1csc2cncc(-c3cc(-c4cc(C(C)(C)C)c5ccccc5c4)ncn3)c12. The molecule has 0 radical (unpaired) electrons. The van der Waals surface area contributed by atoms with Gasteiger partial charge in [-0.25, -0.2) is 9.97 Å². The predicted molar refractivity (Wildman–Crippen MR) is 141 cm³/mol. The molecule has 166 valence electrons. The van der Waals surface area contributed by atoms with Gasteiger partial charge in [-0.15, -0.1) is 11.3 Å². The molecule has 5 rings (SSSR count). The zero-order chi connectivity index (χ0) is 23.2. The Labute approximate surface area is 199 Å². The summed E-state index contributed by atoms with van der Waals surface area (Å²) in [4.78, 5) is 13.9. The Kier molecular flexibility index (Phi) is 5.49. The molecule has 3 heterocycles. The summed E-state index contributed by atoms with van der Waals surface area (Å²) in [5, 5.41) is 6.09. The second kappa shape index (κ2) is 8.35. The van der Waals surface area contributed by atoms with Crippen LogP contribution < -0.4 is 0 Å². The molecule has 0 spiro atoms. The summed E-state index contributed by atoms with van der Waals surface area (Å²) in [5.74, 6) is 0.596. The zero-order valence-corrected chi connectivity index (χ0v) is 20.7. The summed E-state index contributed by atoms with van der Waals surface area (Å²) in [6, 6.07) is 15.3. The average Bonchev–Trinajstić information content (AvgIpc) is 3.20. The van der Waals surface area contributed by atoms with Crippen molar-refractivity contribution < 1.29 is 0 Å². The Morgan fingerprint density at radius 3 is 2.52 bits per heavy atom. The van der Waals surface area contributed by atoms with Crippen molar-refractivity contribution >= 4 is 32.2 Å². The molecule has 2 aromatic carbocycles. The van der Waals surface area contributed by atoms with E-state index in [1.165, 1.54) is 32.0 Å². The van der Waals surface area contributed by atoms with E-state index in [0.717, 1.165) is 28.9 Å². The number of aromatic nitrogens is 3. The molecule has 0 amide bonds. The molecule has 4 heteroatoms. The largest absolute Gasteiger partial charge is 0.263 e. The molecular formula is C29H29N3S. The average molecular weight is 452 g/mol. The van der Waals surface area contributed by atoms with Gasteiger partial charge >= 0.3 is 0 Å². The first-order chi connectivity index (χ1) is 15.8. The van der Waals surface area contributed by atoms with E-state index >= 15 is 0 Å². The zero-order valence-electron chi connectivity index (χ0n) is 19.9. The normalized spacial score (nSPS) is 12.2. The smallest absolute Gasteiger partial charge is 0.116 e. The summed E-state index contributed by atoms with van der Waals surface area (Å²) >= 11 is 1.77. The second-order valence-electron chi connectivity index (χ2n) is 10.2. The molecule has 0 aliphatic heterocycles. The van der Waals surface area contributed by atoms with Crippen LogP contribution in [0.1, 0.15) is 45.7 Å². The lowest BCUT2D eigenvalue weighted by Gasteiger charge is -2.22. The van der Waals surface area contributed by atoms with Crippen LogP contribution in [0.2, 0.25) is 0 Å². The van der Waals surface area contributed by atoms with Crippen molar-refractivity contribution in [2.45, 2.75) is 46.5 Å². The number of nitrogens with zero attached hydrogens (tertiary/aromatic N) is 3. The molecule has 0 saturated heterocycles. The number of hydrogen-bond donors (Lipinski definition) is 0. The molecule has 0 unspecified atom stereocenters. The van der Waals surface area contributed by atoms with E-state index in [-0.39, 0.29) is 5.41 Å². The molecule has 0 aliphatic rings. The van der Waals surface area contributed by atoms with Crippen LogP contribution in [0.3, 0.4) is 0 Å². The van der Waals surface area contributed by atoms with Crippen LogP contribution in [0.15, 0.2) is 66.6 Å². The van der Waals surface area contributed by atoms with Crippen LogP contribution in [0.4, 0.5) is 0 Å².